The summed E-state index contributed by atoms with van der Waals surface area (Å²) in [6.07, 6.45) is 3.89. The topological polar surface area (TPSA) is 43.8 Å². The van der Waals surface area contributed by atoms with E-state index in [2.05, 4.69) is 26.7 Å². The predicted octanol–water partition coefficient (Wildman–Crippen LogP) is 4.61. The number of nitrogens with zero attached hydrogens (tertiary/aromatic N) is 6. The van der Waals surface area contributed by atoms with Gasteiger partial charge in [0.15, 0.2) is 10.6 Å². The Morgan fingerprint density at radius 3 is 2.43 bits per heavy atom. The Balaban J connectivity index is 1.66. The van der Waals surface area contributed by atoms with Crippen molar-refractivity contribution in [3.63, 3.8) is 0 Å². The zero-order chi connectivity index (χ0) is 21.1. The number of benzene rings is 2. The molecule has 0 N–H and O–H groups in total. The Morgan fingerprint density at radius 1 is 1.03 bits per heavy atom. The molecule has 0 aliphatic carbocycles. The minimum Gasteiger partial charge on any atom is -0.295 e. The van der Waals surface area contributed by atoms with Gasteiger partial charge in [-0.15, -0.1) is 0 Å². The van der Waals surface area contributed by atoms with E-state index in [0.717, 1.165) is 23.5 Å². The largest absolute Gasteiger partial charge is 0.295 e. The van der Waals surface area contributed by atoms with Crippen molar-refractivity contribution in [1.29, 1.82) is 0 Å². The summed E-state index contributed by atoms with van der Waals surface area (Å²) in [6.45, 7) is 2.00. The van der Waals surface area contributed by atoms with Crippen LogP contribution in [-0.4, -0.2) is 36.1 Å². The third-order valence-corrected chi connectivity index (χ3v) is 5.48. The second kappa shape index (κ2) is 8.95. The van der Waals surface area contributed by atoms with Crippen LogP contribution < -0.4 is 0 Å². The summed E-state index contributed by atoms with van der Waals surface area (Å²) in [5.41, 5.74) is 3.30. The van der Waals surface area contributed by atoms with E-state index in [1.807, 2.05) is 78.3 Å². The van der Waals surface area contributed by atoms with Crippen molar-refractivity contribution in [1.82, 2.24) is 29.0 Å². The molecule has 0 spiro atoms. The molecule has 6 nitrogen and oxygen atoms in total. The smallest absolute Gasteiger partial charge is 0.199 e. The molecule has 0 fully saturated rings. The number of halogens is 1. The first-order chi connectivity index (χ1) is 14.5. The van der Waals surface area contributed by atoms with E-state index in [1.165, 1.54) is 5.56 Å². The van der Waals surface area contributed by atoms with Crippen molar-refractivity contribution < 1.29 is 0 Å². The van der Waals surface area contributed by atoms with E-state index in [-0.39, 0.29) is 0 Å². The van der Waals surface area contributed by atoms with Crippen LogP contribution in [0.3, 0.4) is 0 Å². The summed E-state index contributed by atoms with van der Waals surface area (Å²) in [7, 11) is 3.97. The molecule has 0 atom stereocenters. The standard InChI is InChI=1S/C22H23ClN6S/c1-26(13-18-12-24-27(2)14-18)16-29-22(30)28(15-17-6-4-3-5-7-17)21(25-29)19-8-10-20(23)11-9-19/h3-12,14H,13,15-16H2,1-2H3. The highest BCUT2D eigenvalue weighted by atomic mass is 35.5. The van der Waals surface area contributed by atoms with Crippen LogP contribution in [0.15, 0.2) is 67.0 Å². The second-order valence-electron chi connectivity index (χ2n) is 7.36. The fraction of sp³-hybridized carbons (Fsp3) is 0.227. The van der Waals surface area contributed by atoms with Gasteiger partial charge in [-0.1, -0.05) is 41.9 Å². The van der Waals surface area contributed by atoms with Gasteiger partial charge in [0, 0.05) is 35.9 Å². The molecule has 0 bridgehead atoms. The van der Waals surface area contributed by atoms with E-state index >= 15 is 0 Å². The van der Waals surface area contributed by atoms with Gasteiger partial charge in [-0.05, 0) is 49.1 Å². The minimum atomic E-state index is 0.579. The lowest BCUT2D eigenvalue weighted by atomic mass is 10.2. The van der Waals surface area contributed by atoms with E-state index in [1.54, 1.807) is 0 Å². The molecule has 0 aliphatic heterocycles. The number of hydrogen-bond donors (Lipinski definition) is 0. The van der Waals surface area contributed by atoms with Gasteiger partial charge in [0.25, 0.3) is 0 Å². The summed E-state index contributed by atoms with van der Waals surface area (Å²) in [5.74, 6) is 0.829. The molecule has 154 valence electrons. The van der Waals surface area contributed by atoms with Gasteiger partial charge in [0.05, 0.1) is 19.4 Å². The van der Waals surface area contributed by atoms with Crippen molar-refractivity contribution in [2.24, 2.45) is 7.05 Å². The third-order valence-electron chi connectivity index (χ3n) is 4.79. The van der Waals surface area contributed by atoms with Crippen LogP contribution in [0, 0.1) is 4.77 Å². The van der Waals surface area contributed by atoms with Gasteiger partial charge in [-0.2, -0.15) is 10.2 Å². The Morgan fingerprint density at radius 2 is 1.77 bits per heavy atom. The van der Waals surface area contributed by atoms with E-state index in [4.69, 9.17) is 28.9 Å². The maximum Gasteiger partial charge on any atom is 0.199 e. The molecular weight excluding hydrogens is 416 g/mol. The van der Waals surface area contributed by atoms with Gasteiger partial charge in [-0.3, -0.25) is 14.1 Å². The fourth-order valence-corrected chi connectivity index (χ4v) is 3.77. The maximum atomic E-state index is 6.09. The maximum absolute atomic E-state index is 6.09. The highest BCUT2D eigenvalue weighted by Crippen LogP contribution is 2.22. The molecule has 2 heterocycles. The molecule has 30 heavy (non-hydrogen) atoms. The first kappa shape index (κ1) is 20.5. The monoisotopic (exact) mass is 438 g/mol. The molecule has 0 amide bonds. The number of hydrogen-bond acceptors (Lipinski definition) is 4. The zero-order valence-electron chi connectivity index (χ0n) is 16.9. The zero-order valence-corrected chi connectivity index (χ0v) is 18.5. The molecule has 2 aromatic carbocycles. The molecule has 0 saturated heterocycles. The van der Waals surface area contributed by atoms with Gasteiger partial charge in [0.2, 0.25) is 0 Å². The average molecular weight is 439 g/mol. The van der Waals surface area contributed by atoms with E-state index < -0.39 is 0 Å². The van der Waals surface area contributed by atoms with Crippen molar-refractivity contribution >= 4 is 23.8 Å². The molecule has 4 rings (SSSR count). The molecule has 4 aromatic rings. The third kappa shape index (κ3) is 4.70. The normalized spacial score (nSPS) is 11.3. The molecule has 0 unspecified atom stereocenters. The summed E-state index contributed by atoms with van der Waals surface area (Å²) in [6, 6.07) is 18.0. The number of aryl methyl sites for hydroxylation is 1. The molecule has 0 saturated carbocycles. The fourth-order valence-electron chi connectivity index (χ4n) is 3.40. The van der Waals surface area contributed by atoms with Crippen LogP contribution in [0.5, 0.6) is 0 Å². The Kier molecular flexibility index (Phi) is 6.13. The van der Waals surface area contributed by atoms with Crippen molar-refractivity contribution in [2.75, 3.05) is 7.05 Å². The lowest BCUT2D eigenvalue weighted by Crippen LogP contribution is -2.22. The lowest BCUT2D eigenvalue weighted by molar-refractivity contribution is 0.244. The number of rotatable bonds is 7. The highest BCUT2D eigenvalue weighted by molar-refractivity contribution is 7.71. The van der Waals surface area contributed by atoms with E-state index in [9.17, 15) is 0 Å². The summed E-state index contributed by atoms with van der Waals surface area (Å²) < 4.78 is 6.44. The van der Waals surface area contributed by atoms with Crippen LogP contribution in [0.4, 0.5) is 0 Å². The SMILES string of the molecule is CN(Cc1cnn(C)c1)Cn1nc(-c2ccc(Cl)cc2)n(Cc2ccccc2)c1=S. The second-order valence-corrected chi connectivity index (χ2v) is 8.16. The first-order valence-corrected chi connectivity index (χ1v) is 10.4. The van der Waals surface area contributed by atoms with Crippen LogP contribution in [-0.2, 0) is 26.8 Å². The van der Waals surface area contributed by atoms with Gasteiger partial charge < -0.3 is 0 Å². The summed E-state index contributed by atoms with van der Waals surface area (Å²) >= 11 is 11.9. The van der Waals surface area contributed by atoms with Crippen LogP contribution in [0.25, 0.3) is 11.4 Å². The Bertz CT molecular complexity index is 1180. The van der Waals surface area contributed by atoms with Crippen molar-refractivity contribution in [3.05, 3.63) is 87.9 Å². The predicted molar refractivity (Wildman–Crippen MR) is 122 cm³/mol. The van der Waals surface area contributed by atoms with Crippen molar-refractivity contribution in [2.45, 2.75) is 19.8 Å². The molecule has 0 radical (unpaired) electrons. The average Bonchev–Trinajstić information content (AvgIpc) is 3.27. The number of aromatic nitrogens is 5. The van der Waals surface area contributed by atoms with Gasteiger partial charge in [0.1, 0.15) is 0 Å². The van der Waals surface area contributed by atoms with Gasteiger partial charge in [-0.25, -0.2) is 4.68 Å². The first-order valence-electron chi connectivity index (χ1n) is 9.63. The van der Waals surface area contributed by atoms with Crippen molar-refractivity contribution in [3.8, 4) is 11.4 Å². The Labute approximate surface area is 185 Å². The molecular formula is C22H23ClN6S. The molecule has 0 aliphatic rings. The highest BCUT2D eigenvalue weighted by Gasteiger charge is 2.15. The van der Waals surface area contributed by atoms with E-state index in [0.29, 0.717) is 23.0 Å². The van der Waals surface area contributed by atoms with Crippen LogP contribution in [0.2, 0.25) is 5.02 Å². The quantitative estimate of drug-likeness (QED) is 0.395. The van der Waals surface area contributed by atoms with Crippen LogP contribution >= 0.6 is 23.8 Å². The summed E-state index contributed by atoms with van der Waals surface area (Å²) in [5, 5.41) is 9.80. The van der Waals surface area contributed by atoms with Gasteiger partial charge >= 0.3 is 0 Å². The summed E-state index contributed by atoms with van der Waals surface area (Å²) in [4.78, 5) is 2.16. The molecule has 2 aromatic heterocycles. The van der Waals surface area contributed by atoms with Crippen LogP contribution in [0.1, 0.15) is 11.1 Å². The lowest BCUT2D eigenvalue weighted by Gasteiger charge is -2.15. The molecule has 8 heteroatoms. The Hall–Kier alpha value is -2.74. The minimum absolute atomic E-state index is 0.579.